The zero-order valence-corrected chi connectivity index (χ0v) is 39.1. The largest absolute Gasteiger partial charge is 2.00 e. The smallest absolute Gasteiger partial charge is 0.668 e. The molecule has 0 spiro atoms. The van der Waals surface area contributed by atoms with E-state index in [1.54, 1.807) is 0 Å². The third kappa shape index (κ3) is 28.6. The third-order valence-electron chi connectivity index (χ3n) is 6.19. The number of ether oxygens (including phenoxy) is 2. The molecule has 0 aromatic rings. The number of rotatable bonds is 4. The Balaban J connectivity index is 0. The van der Waals surface area contributed by atoms with Gasteiger partial charge in [-0.15, -0.1) is 0 Å². The zero-order chi connectivity index (χ0) is 33.3. The van der Waals surface area contributed by atoms with Gasteiger partial charge in [0, 0.05) is 65.7 Å². The van der Waals surface area contributed by atoms with Gasteiger partial charge in [-0.25, -0.2) is 0 Å². The van der Waals surface area contributed by atoms with Crippen LogP contribution in [-0.4, -0.2) is 180 Å². The third-order valence-corrected chi connectivity index (χ3v) is 16.9. The number of hydrogen-bond acceptors (Lipinski definition) is 4. The van der Waals surface area contributed by atoms with E-state index in [4.69, 9.17) is 18.8 Å². The summed E-state index contributed by atoms with van der Waals surface area (Å²) in [6.07, 6.45) is 5.11. The van der Waals surface area contributed by atoms with Gasteiger partial charge in [-0.05, 0) is 25.7 Å². The minimum Gasteiger partial charge on any atom is -0.668 e. The quantitative estimate of drug-likeness (QED) is 0.433. The van der Waals surface area contributed by atoms with Gasteiger partial charge >= 0.3 is 46.1 Å². The van der Waals surface area contributed by atoms with Gasteiger partial charge in [0.25, 0.3) is 0 Å². The van der Waals surface area contributed by atoms with E-state index in [2.05, 4.69) is 109 Å². The Bertz CT molecular complexity index is 734. The first-order valence-corrected chi connectivity index (χ1v) is 30.8. The van der Waals surface area contributed by atoms with Crippen LogP contribution in [0.25, 0.3) is 19.9 Å². The molecule has 6 heterocycles. The molecule has 4 saturated heterocycles. The average Bonchev–Trinajstić information content (AvgIpc) is 3.68. The molecule has 6 aliphatic rings. The summed E-state index contributed by atoms with van der Waals surface area (Å²) in [5, 5.41) is 8.46. The second-order valence-electron chi connectivity index (χ2n) is 15.8. The second-order valence-corrected chi connectivity index (χ2v) is 34.9. The van der Waals surface area contributed by atoms with Gasteiger partial charge in [0.1, 0.15) is 0 Å². The first-order valence-electron chi connectivity index (χ1n) is 17.0. The number of nitrogens with zero attached hydrogens (tertiary/aromatic N) is 6. The minimum absolute atomic E-state index is 0. The topological polar surface area (TPSA) is 109 Å². The second kappa shape index (κ2) is 24.8. The predicted octanol–water partition coefficient (Wildman–Crippen LogP) is 3.14. The van der Waals surface area contributed by atoms with E-state index >= 15 is 0 Å². The number of fused-ring (bicyclic) bond motifs is 2. The van der Waals surface area contributed by atoms with Crippen molar-refractivity contribution in [2.24, 2.45) is 0 Å². The van der Waals surface area contributed by atoms with Crippen molar-refractivity contribution in [3.8, 4) is 0 Å². The van der Waals surface area contributed by atoms with Gasteiger partial charge in [-0.1, -0.05) is 112 Å². The van der Waals surface area contributed by atoms with Crippen molar-refractivity contribution >= 4 is 91.0 Å². The molecule has 16 heteroatoms. The molecule has 0 aromatic heterocycles. The summed E-state index contributed by atoms with van der Waals surface area (Å²) in [7, 11) is -4.42. The monoisotopic (exact) mass is 734 g/mol. The Morgan fingerprint density at radius 1 is 0.500 bits per heavy atom. The van der Waals surface area contributed by atoms with Crippen LogP contribution in [0, 0.1) is 0 Å². The van der Waals surface area contributed by atoms with Crippen molar-refractivity contribution in [2.75, 3.05) is 78.8 Å². The Morgan fingerprint density at radius 3 is 0.957 bits per heavy atom. The van der Waals surface area contributed by atoms with Crippen LogP contribution in [0.15, 0.2) is 0 Å². The SMILES string of the molecule is C1CCOC1.C1CCOC1.C1CN2CC[NH+]=C2[N-]1.C1CN2CC[NH+]=C2[N-]1.C[Si](C)(C)[N-][Si](C)(C)C.C[Si](C)(C)[N-][Si](C)(C)C.[Mg+2].[Mg+2]. The normalized spacial score (nSPS) is 19.4. The predicted molar refractivity (Wildman–Crippen MR) is 213 cm³/mol. The summed E-state index contributed by atoms with van der Waals surface area (Å²) in [4.78, 5) is 10.9. The van der Waals surface area contributed by atoms with Crippen LogP contribution in [-0.2, 0) is 9.47 Å². The van der Waals surface area contributed by atoms with E-state index < -0.39 is 32.9 Å². The molecule has 0 amide bonds. The van der Waals surface area contributed by atoms with Crippen molar-refractivity contribution in [1.82, 2.24) is 9.80 Å². The van der Waals surface area contributed by atoms with Crippen LogP contribution in [0.2, 0.25) is 78.6 Å². The molecule has 0 atom stereocenters. The number of guanidine groups is 2. The molecule has 0 aromatic carbocycles. The first kappa shape index (κ1) is 48.9. The zero-order valence-electron chi connectivity index (χ0n) is 32.2. The molecular formula is C30H70Mg2N8O2Si4+2. The fraction of sp³-hybridized carbons (Fsp3) is 0.933. The van der Waals surface area contributed by atoms with Crippen LogP contribution in [0.5, 0.6) is 0 Å². The van der Waals surface area contributed by atoms with E-state index in [1.165, 1.54) is 25.7 Å². The standard InChI is InChI=1S/2C6H18NSi2.2C5H8N3.2C4H8O.2Mg/c2*1-8(2,3)7-9(4,5)6;2*1-3-8-4-2-7-5(8)6-1;2*1-2-4-5-3-1;;/h2*1-6H3;2*1-4H2;2*1-4H2;;/q4*-1;;;2*+2/p+2. The Kier molecular flexibility index (Phi) is 26.4. The fourth-order valence-corrected chi connectivity index (χ4v) is 21.5. The molecular weight excluding hydrogens is 665 g/mol. The van der Waals surface area contributed by atoms with Crippen LogP contribution in [0.1, 0.15) is 25.7 Å². The van der Waals surface area contributed by atoms with Crippen molar-refractivity contribution in [3.63, 3.8) is 0 Å². The Morgan fingerprint density at radius 2 is 0.783 bits per heavy atom. The van der Waals surface area contributed by atoms with Crippen LogP contribution in [0.4, 0.5) is 0 Å². The summed E-state index contributed by atoms with van der Waals surface area (Å²) in [5.74, 6) is 2.23. The summed E-state index contributed by atoms with van der Waals surface area (Å²) in [6.45, 7) is 40.3. The molecule has 2 N–H and O–H groups in total. The molecule has 0 aliphatic carbocycles. The molecule has 10 nitrogen and oxygen atoms in total. The maximum Gasteiger partial charge on any atom is 2.00 e. The molecule has 0 radical (unpaired) electrons. The molecule has 260 valence electrons. The molecule has 46 heavy (non-hydrogen) atoms. The van der Waals surface area contributed by atoms with Crippen molar-refractivity contribution in [2.45, 2.75) is 104 Å². The van der Waals surface area contributed by atoms with E-state index in [1.807, 2.05) is 0 Å². The van der Waals surface area contributed by atoms with Crippen molar-refractivity contribution < 1.29 is 19.5 Å². The van der Waals surface area contributed by atoms with Gasteiger partial charge < -0.3 is 38.6 Å². The van der Waals surface area contributed by atoms with Crippen molar-refractivity contribution in [1.29, 1.82) is 0 Å². The molecule has 0 unspecified atom stereocenters. The van der Waals surface area contributed by atoms with E-state index in [9.17, 15) is 0 Å². The van der Waals surface area contributed by atoms with Gasteiger partial charge in [-0.3, -0.25) is 10.6 Å². The van der Waals surface area contributed by atoms with Crippen LogP contribution in [0.3, 0.4) is 0 Å². The Labute approximate surface area is 320 Å². The summed E-state index contributed by atoms with van der Waals surface area (Å²) < 4.78 is 19.5. The fourth-order valence-electron chi connectivity index (χ4n) is 5.37. The summed E-state index contributed by atoms with van der Waals surface area (Å²) >= 11 is 0. The van der Waals surface area contributed by atoms with Crippen molar-refractivity contribution in [3.05, 3.63) is 19.9 Å². The average molecular weight is 736 g/mol. The number of nitrogens with one attached hydrogen (secondary N) is 2. The summed E-state index contributed by atoms with van der Waals surface area (Å²) in [5.41, 5.74) is 0. The van der Waals surface area contributed by atoms with Crippen LogP contribution < -0.4 is 9.98 Å². The van der Waals surface area contributed by atoms with E-state index in [0.717, 1.165) is 90.7 Å². The van der Waals surface area contributed by atoms with E-state index in [-0.39, 0.29) is 46.1 Å². The first-order chi connectivity index (χ1) is 20.3. The van der Waals surface area contributed by atoms with Crippen LogP contribution >= 0.6 is 0 Å². The van der Waals surface area contributed by atoms with Gasteiger partial charge in [0.15, 0.2) is 11.9 Å². The van der Waals surface area contributed by atoms with Gasteiger partial charge in [-0.2, -0.15) is 0 Å². The molecule has 0 saturated carbocycles. The van der Waals surface area contributed by atoms with E-state index in [0.29, 0.717) is 0 Å². The Hall–Kier alpha value is 0.780. The molecule has 4 fully saturated rings. The maximum absolute atomic E-state index is 4.94. The molecule has 0 bridgehead atoms. The minimum atomic E-state index is -1.11. The van der Waals surface area contributed by atoms with Gasteiger partial charge in [0.05, 0.1) is 13.1 Å². The van der Waals surface area contributed by atoms with Gasteiger partial charge in [0.2, 0.25) is 0 Å². The maximum atomic E-state index is 4.94. The summed E-state index contributed by atoms with van der Waals surface area (Å²) in [6, 6.07) is 0. The number of hydrogen-bond donors (Lipinski definition) is 2. The molecule has 6 rings (SSSR count). The molecule has 6 aliphatic heterocycles.